The number of ether oxygens (including phenoxy) is 1. The summed E-state index contributed by atoms with van der Waals surface area (Å²) in [7, 11) is 2.91. The molecule has 0 aliphatic heterocycles. The van der Waals surface area contributed by atoms with E-state index in [9.17, 15) is 9.59 Å². The molecule has 1 saturated carbocycles. The maximum Gasteiger partial charge on any atom is 0.407 e. The van der Waals surface area contributed by atoms with Crippen LogP contribution in [0.2, 0.25) is 0 Å². The number of nitrogens with zero attached hydrogens (tertiary/aromatic N) is 2. The van der Waals surface area contributed by atoms with Crippen molar-refractivity contribution < 1.29 is 18.8 Å². The minimum atomic E-state index is -0.651. The lowest BCUT2D eigenvalue weighted by Gasteiger charge is -2.20. The molecule has 20 heavy (non-hydrogen) atoms. The Morgan fingerprint density at radius 1 is 1.60 bits per heavy atom. The number of likely N-dealkylation sites (N-methyl/N-ethyl adjacent to an activating group) is 1. The maximum atomic E-state index is 12.0. The standard InChI is InChI=1S/C13H19N3O4/c1-8(14-13(18)19-3)12(17)16(2)7-10-6-11(20-15-10)9-4-5-9/h6,8-9H,4-5,7H2,1-3H3,(H,14,18)/t8-/m0/s1. The van der Waals surface area contributed by atoms with Gasteiger partial charge in [-0.15, -0.1) is 0 Å². The van der Waals surface area contributed by atoms with Gasteiger partial charge in [-0.05, 0) is 19.8 Å². The summed E-state index contributed by atoms with van der Waals surface area (Å²) in [6.45, 7) is 1.95. The Balaban J connectivity index is 1.87. The van der Waals surface area contributed by atoms with Gasteiger partial charge >= 0.3 is 6.09 Å². The summed E-state index contributed by atoms with van der Waals surface area (Å²) in [6, 6.07) is 1.24. The molecule has 1 aliphatic rings. The lowest BCUT2D eigenvalue weighted by atomic mass is 10.2. The zero-order chi connectivity index (χ0) is 14.7. The fraction of sp³-hybridized carbons (Fsp3) is 0.615. The predicted octanol–water partition coefficient (Wildman–Crippen LogP) is 1.25. The van der Waals surface area contributed by atoms with Crippen molar-refractivity contribution in [3.8, 4) is 0 Å². The number of nitrogens with one attached hydrogen (secondary N) is 1. The van der Waals surface area contributed by atoms with Crippen LogP contribution in [0.15, 0.2) is 10.6 Å². The summed E-state index contributed by atoms with van der Waals surface area (Å²) in [5, 5.41) is 6.39. The van der Waals surface area contributed by atoms with Gasteiger partial charge in [0.2, 0.25) is 5.91 Å². The fourth-order valence-corrected chi connectivity index (χ4v) is 1.91. The largest absolute Gasteiger partial charge is 0.453 e. The predicted molar refractivity (Wildman–Crippen MR) is 70.0 cm³/mol. The van der Waals surface area contributed by atoms with Crippen LogP contribution in [0.25, 0.3) is 0 Å². The van der Waals surface area contributed by atoms with E-state index in [1.54, 1.807) is 14.0 Å². The summed E-state index contributed by atoms with van der Waals surface area (Å²) in [5.74, 6) is 1.17. The average Bonchev–Trinajstić information content (AvgIpc) is 3.18. The van der Waals surface area contributed by atoms with Gasteiger partial charge in [-0.25, -0.2) is 4.79 Å². The number of amides is 2. The smallest absolute Gasteiger partial charge is 0.407 e. The van der Waals surface area contributed by atoms with Crippen molar-refractivity contribution in [2.45, 2.75) is 38.3 Å². The van der Waals surface area contributed by atoms with Crippen LogP contribution in [-0.4, -0.2) is 42.3 Å². The minimum Gasteiger partial charge on any atom is -0.453 e. The van der Waals surface area contributed by atoms with Crippen LogP contribution in [0.4, 0.5) is 4.79 Å². The topological polar surface area (TPSA) is 84.7 Å². The molecule has 0 bridgehead atoms. The first-order valence-corrected chi connectivity index (χ1v) is 6.56. The third-order valence-electron chi connectivity index (χ3n) is 3.22. The van der Waals surface area contributed by atoms with Crippen molar-refractivity contribution in [1.82, 2.24) is 15.4 Å². The number of hydrogen-bond acceptors (Lipinski definition) is 5. The molecule has 2 rings (SSSR count). The molecule has 1 atom stereocenters. The second-order valence-corrected chi connectivity index (χ2v) is 5.05. The van der Waals surface area contributed by atoms with Gasteiger partial charge in [0.25, 0.3) is 0 Å². The second kappa shape index (κ2) is 5.94. The lowest BCUT2D eigenvalue weighted by Crippen LogP contribution is -2.45. The van der Waals surface area contributed by atoms with Gasteiger partial charge in [0.1, 0.15) is 17.5 Å². The van der Waals surface area contributed by atoms with E-state index in [4.69, 9.17) is 4.52 Å². The van der Waals surface area contributed by atoms with Crippen molar-refractivity contribution in [3.63, 3.8) is 0 Å². The Kier molecular flexibility index (Phi) is 4.26. The van der Waals surface area contributed by atoms with E-state index in [1.165, 1.54) is 12.0 Å². The second-order valence-electron chi connectivity index (χ2n) is 5.05. The highest BCUT2D eigenvalue weighted by Crippen LogP contribution is 2.40. The Labute approximate surface area is 117 Å². The molecular weight excluding hydrogens is 262 g/mol. The van der Waals surface area contributed by atoms with Crippen LogP contribution in [0.5, 0.6) is 0 Å². The Bertz CT molecular complexity index is 496. The van der Waals surface area contributed by atoms with Crippen LogP contribution in [0.1, 0.15) is 37.1 Å². The number of carbonyl (C=O) groups is 2. The molecule has 1 N–H and O–H groups in total. The molecule has 1 aromatic heterocycles. The number of hydrogen-bond donors (Lipinski definition) is 1. The third-order valence-corrected chi connectivity index (χ3v) is 3.22. The minimum absolute atomic E-state index is 0.216. The lowest BCUT2D eigenvalue weighted by molar-refractivity contribution is -0.132. The summed E-state index contributed by atoms with van der Waals surface area (Å²) >= 11 is 0. The molecule has 1 fully saturated rings. The van der Waals surface area contributed by atoms with Crippen LogP contribution in [0.3, 0.4) is 0 Å². The van der Waals surface area contributed by atoms with Gasteiger partial charge in [-0.3, -0.25) is 4.79 Å². The summed E-state index contributed by atoms with van der Waals surface area (Å²) in [4.78, 5) is 24.6. The Morgan fingerprint density at radius 3 is 2.90 bits per heavy atom. The van der Waals surface area contributed by atoms with Crippen molar-refractivity contribution >= 4 is 12.0 Å². The first-order valence-electron chi connectivity index (χ1n) is 6.56. The van der Waals surface area contributed by atoms with E-state index in [-0.39, 0.29) is 5.91 Å². The maximum absolute atomic E-state index is 12.0. The van der Waals surface area contributed by atoms with Gasteiger partial charge in [0, 0.05) is 19.0 Å². The quantitative estimate of drug-likeness (QED) is 0.878. The van der Waals surface area contributed by atoms with Crippen LogP contribution in [0, 0.1) is 0 Å². The number of alkyl carbamates (subject to hydrolysis) is 1. The van der Waals surface area contributed by atoms with Crippen molar-refractivity contribution in [2.24, 2.45) is 0 Å². The monoisotopic (exact) mass is 281 g/mol. The van der Waals surface area contributed by atoms with E-state index in [2.05, 4.69) is 15.2 Å². The molecule has 7 heteroatoms. The molecule has 0 spiro atoms. The Morgan fingerprint density at radius 2 is 2.30 bits per heavy atom. The molecule has 0 unspecified atom stereocenters. The first kappa shape index (κ1) is 14.4. The normalized spacial score (nSPS) is 15.6. The van der Waals surface area contributed by atoms with E-state index in [0.717, 1.165) is 18.6 Å². The summed E-state index contributed by atoms with van der Waals surface area (Å²) in [5.41, 5.74) is 0.716. The average molecular weight is 281 g/mol. The van der Waals surface area contributed by atoms with Crippen LogP contribution in [-0.2, 0) is 16.1 Å². The first-order chi connectivity index (χ1) is 9.51. The molecule has 0 aromatic carbocycles. The molecule has 1 aromatic rings. The van der Waals surface area contributed by atoms with Crippen molar-refractivity contribution in [2.75, 3.05) is 14.2 Å². The Hall–Kier alpha value is -2.05. The molecular formula is C13H19N3O4. The van der Waals surface area contributed by atoms with E-state index < -0.39 is 12.1 Å². The van der Waals surface area contributed by atoms with Gasteiger partial charge in [-0.2, -0.15) is 0 Å². The van der Waals surface area contributed by atoms with Crippen LogP contribution >= 0.6 is 0 Å². The molecule has 7 nitrogen and oxygen atoms in total. The number of carbonyl (C=O) groups excluding carboxylic acids is 2. The molecule has 0 saturated heterocycles. The fourth-order valence-electron chi connectivity index (χ4n) is 1.91. The zero-order valence-corrected chi connectivity index (χ0v) is 11.9. The molecule has 0 radical (unpaired) electrons. The van der Waals surface area contributed by atoms with Gasteiger partial charge in [0.05, 0.1) is 13.7 Å². The summed E-state index contributed by atoms with van der Waals surface area (Å²) < 4.78 is 9.69. The molecule has 2 amide bonds. The van der Waals surface area contributed by atoms with Gasteiger partial charge in [0.15, 0.2) is 0 Å². The molecule has 1 aliphatic carbocycles. The highest BCUT2D eigenvalue weighted by atomic mass is 16.5. The number of methoxy groups -OCH3 is 1. The third kappa shape index (κ3) is 3.49. The molecule has 110 valence electrons. The number of aromatic nitrogens is 1. The van der Waals surface area contributed by atoms with Crippen molar-refractivity contribution in [3.05, 3.63) is 17.5 Å². The van der Waals surface area contributed by atoms with Crippen molar-refractivity contribution in [1.29, 1.82) is 0 Å². The highest BCUT2D eigenvalue weighted by molar-refractivity contribution is 5.85. The number of rotatable bonds is 5. The van der Waals surface area contributed by atoms with Crippen LogP contribution < -0.4 is 5.32 Å². The molecule has 1 heterocycles. The highest BCUT2D eigenvalue weighted by Gasteiger charge is 2.28. The van der Waals surface area contributed by atoms with E-state index in [0.29, 0.717) is 18.2 Å². The zero-order valence-electron chi connectivity index (χ0n) is 11.9. The SMILES string of the molecule is COC(=O)N[C@@H](C)C(=O)N(C)Cc1cc(C2CC2)on1. The van der Waals surface area contributed by atoms with Gasteiger partial charge < -0.3 is 19.5 Å². The summed E-state index contributed by atoms with van der Waals surface area (Å²) in [6.07, 6.45) is 1.66. The van der Waals surface area contributed by atoms with Gasteiger partial charge in [-0.1, -0.05) is 5.16 Å². The van der Waals surface area contributed by atoms with E-state index >= 15 is 0 Å². The van der Waals surface area contributed by atoms with E-state index in [1.807, 2.05) is 6.07 Å².